The zero-order chi connectivity index (χ0) is 22.6. The van der Waals surface area contributed by atoms with Gasteiger partial charge in [-0.25, -0.2) is 13.1 Å². The van der Waals surface area contributed by atoms with Gasteiger partial charge in [0.25, 0.3) is 0 Å². The van der Waals surface area contributed by atoms with Gasteiger partial charge in [0.2, 0.25) is 10.0 Å². The first kappa shape index (κ1) is 21.9. The maximum atomic E-state index is 13.1. The van der Waals surface area contributed by atoms with Crippen molar-refractivity contribution in [1.82, 2.24) is 19.5 Å². The topological polar surface area (TPSA) is 89.0 Å². The summed E-state index contributed by atoms with van der Waals surface area (Å²) in [5.41, 5.74) is 1.71. The summed E-state index contributed by atoms with van der Waals surface area (Å²) in [5.74, 6) is 1.17. The van der Waals surface area contributed by atoms with Crippen molar-refractivity contribution in [3.8, 4) is 11.4 Å². The SMILES string of the molecule is COc1ccc(-n2c([C@H](Cc3ccccc3)NS(=O)(=O)c3ccccc3)n[nH]c2=S)cc1. The molecule has 32 heavy (non-hydrogen) atoms. The van der Waals surface area contributed by atoms with Crippen LogP contribution in [0.15, 0.2) is 89.8 Å². The van der Waals surface area contributed by atoms with E-state index in [0.29, 0.717) is 22.8 Å². The lowest BCUT2D eigenvalue weighted by molar-refractivity contribution is 0.414. The number of hydrogen-bond donors (Lipinski definition) is 2. The third-order valence-corrected chi connectivity index (χ3v) is 6.74. The maximum Gasteiger partial charge on any atom is 0.241 e. The van der Waals surface area contributed by atoms with E-state index in [0.717, 1.165) is 11.3 Å². The Kier molecular flexibility index (Phi) is 6.50. The first-order valence-corrected chi connectivity index (χ1v) is 11.8. The van der Waals surface area contributed by atoms with Crippen molar-refractivity contribution in [2.45, 2.75) is 17.4 Å². The Bertz CT molecular complexity index is 1330. The number of aromatic amines is 1. The van der Waals surface area contributed by atoms with Crippen LogP contribution in [0.4, 0.5) is 0 Å². The minimum Gasteiger partial charge on any atom is -0.497 e. The van der Waals surface area contributed by atoms with Crippen molar-refractivity contribution in [2.75, 3.05) is 7.11 Å². The molecule has 0 unspecified atom stereocenters. The fourth-order valence-corrected chi connectivity index (χ4v) is 4.87. The van der Waals surface area contributed by atoms with E-state index >= 15 is 0 Å². The molecule has 0 radical (unpaired) electrons. The Labute approximate surface area is 191 Å². The molecule has 0 aliphatic heterocycles. The van der Waals surface area contributed by atoms with Crippen molar-refractivity contribution in [3.05, 3.63) is 101 Å². The fraction of sp³-hybridized carbons (Fsp3) is 0.130. The molecule has 1 heterocycles. The monoisotopic (exact) mass is 466 g/mol. The lowest BCUT2D eigenvalue weighted by atomic mass is 10.1. The van der Waals surface area contributed by atoms with Gasteiger partial charge in [0, 0.05) is 5.69 Å². The summed E-state index contributed by atoms with van der Waals surface area (Å²) in [5, 5.41) is 7.20. The van der Waals surface area contributed by atoms with Crippen LogP contribution < -0.4 is 9.46 Å². The second-order valence-electron chi connectivity index (χ2n) is 7.10. The van der Waals surface area contributed by atoms with Crippen LogP contribution in [0.2, 0.25) is 0 Å². The third-order valence-electron chi connectivity index (χ3n) is 4.97. The summed E-state index contributed by atoms with van der Waals surface area (Å²) in [7, 11) is -2.20. The lowest BCUT2D eigenvalue weighted by Crippen LogP contribution is -2.32. The number of nitrogens with zero attached hydrogens (tertiary/aromatic N) is 2. The van der Waals surface area contributed by atoms with Crippen molar-refractivity contribution >= 4 is 22.2 Å². The Morgan fingerprint density at radius 3 is 2.25 bits per heavy atom. The molecular formula is C23H22N4O3S2. The highest BCUT2D eigenvalue weighted by molar-refractivity contribution is 7.89. The zero-order valence-corrected chi connectivity index (χ0v) is 18.9. The number of hydrogen-bond acceptors (Lipinski definition) is 5. The number of rotatable bonds is 8. The van der Waals surface area contributed by atoms with E-state index in [1.165, 1.54) is 0 Å². The highest BCUT2D eigenvalue weighted by Crippen LogP contribution is 2.24. The minimum absolute atomic E-state index is 0.184. The Balaban J connectivity index is 1.78. The largest absolute Gasteiger partial charge is 0.497 e. The van der Waals surface area contributed by atoms with Crippen molar-refractivity contribution in [2.24, 2.45) is 0 Å². The molecule has 0 fully saturated rings. The molecule has 0 amide bonds. The quantitative estimate of drug-likeness (QED) is 0.380. The second-order valence-corrected chi connectivity index (χ2v) is 9.20. The second kappa shape index (κ2) is 9.47. The van der Waals surface area contributed by atoms with Crippen molar-refractivity contribution < 1.29 is 13.2 Å². The number of H-pyrrole nitrogens is 1. The number of benzene rings is 3. The van der Waals surface area contributed by atoms with Gasteiger partial charge in [-0.3, -0.25) is 9.67 Å². The molecule has 0 saturated heterocycles. The molecule has 0 saturated carbocycles. The fourth-order valence-electron chi connectivity index (χ4n) is 3.41. The van der Waals surface area contributed by atoms with Crippen LogP contribution in [-0.4, -0.2) is 30.3 Å². The molecule has 7 nitrogen and oxygen atoms in total. The van der Waals surface area contributed by atoms with E-state index in [1.54, 1.807) is 42.0 Å². The molecule has 3 aromatic carbocycles. The molecule has 9 heteroatoms. The van der Waals surface area contributed by atoms with Gasteiger partial charge in [-0.1, -0.05) is 48.5 Å². The molecule has 4 rings (SSSR count). The predicted molar refractivity (Wildman–Crippen MR) is 125 cm³/mol. The standard InChI is InChI=1S/C23H22N4O3S2/c1-30-19-14-12-18(13-15-19)27-22(24-25-23(27)31)21(16-17-8-4-2-5-9-17)26-32(28,29)20-10-6-3-7-11-20/h2-15,21,26H,16H2,1H3,(H,25,31)/t21-/m0/s1. The Morgan fingerprint density at radius 1 is 1.00 bits per heavy atom. The van der Waals surface area contributed by atoms with Crippen molar-refractivity contribution in [3.63, 3.8) is 0 Å². The van der Waals surface area contributed by atoms with Gasteiger partial charge >= 0.3 is 0 Å². The van der Waals surface area contributed by atoms with Gasteiger partial charge in [0.05, 0.1) is 18.0 Å². The molecule has 1 atom stereocenters. The van der Waals surface area contributed by atoms with E-state index in [2.05, 4.69) is 14.9 Å². The van der Waals surface area contributed by atoms with Gasteiger partial charge in [-0.15, -0.1) is 0 Å². The minimum atomic E-state index is -3.80. The molecule has 1 aromatic heterocycles. The number of nitrogens with one attached hydrogen (secondary N) is 2. The van der Waals surface area contributed by atoms with Gasteiger partial charge in [-0.05, 0) is 60.6 Å². The van der Waals surface area contributed by atoms with Crippen LogP contribution in [0.5, 0.6) is 5.75 Å². The van der Waals surface area contributed by atoms with Crippen LogP contribution in [0.1, 0.15) is 17.4 Å². The van der Waals surface area contributed by atoms with E-state index in [9.17, 15) is 8.42 Å². The Morgan fingerprint density at radius 2 is 1.62 bits per heavy atom. The van der Waals surface area contributed by atoms with Crippen LogP contribution in [-0.2, 0) is 16.4 Å². The summed E-state index contributed by atoms with van der Waals surface area (Å²) in [4.78, 5) is 0.184. The number of sulfonamides is 1. The van der Waals surface area contributed by atoms with E-state index in [1.807, 2.05) is 54.6 Å². The van der Waals surface area contributed by atoms with Gasteiger partial charge in [-0.2, -0.15) is 5.10 Å². The molecule has 0 aliphatic rings. The van der Waals surface area contributed by atoms with Gasteiger partial charge in [0.15, 0.2) is 10.6 Å². The molecule has 4 aromatic rings. The third kappa shape index (κ3) is 4.80. The summed E-state index contributed by atoms with van der Waals surface area (Å²) in [6, 6.07) is 24.6. The molecular weight excluding hydrogens is 444 g/mol. The molecule has 0 bridgehead atoms. The first-order valence-electron chi connectivity index (χ1n) is 9.91. The summed E-state index contributed by atoms with van der Waals surface area (Å²) < 4.78 is 36.4. The van der Waals surface area contributed by atoms with E-state index < -0.39 is 16.1 Å². The molecule has 2 N–H and O–H groups in total. The van der Waals surface area contributed by atoms with Crippen LogP contribution in [0.3, 0.4) is 0 Å². The summed E-state index contributed by atoms with van der Waals surface area (Å²) >= 11 is 5.47. The van der Waals surface area contributed by atoms with Crippen LogP contribution in [0.25, 0.3) is 5.69 Å². The molecule has 0 spiro atoms. The average molecular weight is 467 g/mol. The highest BCUT2D eigenvalue weighted by Gasteiger charge is 2.26. The van der Waals surface area contributed by atoms with Crippen LogP contribution in [0, 0.1) is 4.77 Å². The number of methoxy groups -OCH3 is 1. The molecule has 0 aliphatic carbocycles. The van der Waals surface area contributed by atoms with Gasteiger partial charge < -0.3 is 4.74 Å². The first-order chi connectivity index (χ1) is 15.5. The summed E-state index contributed by atoms with van der Waals surface area (Å²) in [6.07, 6.45) is 0.392. The smallest absolute Gasteiger partial charge is 0.241 e. The van der Waals surface area contributed by atoms with Crippen molar-refractivity contribution in [1.29, 1.82) is 0 Å². The maximum absolute atomic E-state index is 13.1. The lowest BCUT2D eigenvalue weighted by Gasteiger charge is -2.20. The summed E-state index contributed by atoms with van der Waals surface area (Å²) in [6.45, 7) is 0. The van der Waals surface area contributed by atoms with E-state index in [4.69, 9.17) is 17.0 Å². The zero-order valence-electron chi connectivity index (χ0n) is 17.3. The number of ether oxygens (including phenoxy) is 1. The highest BCUT2D eigenvalue weighted by atomic mass is 32.2. The van der Waals surface area contributed by atoms with Crippen LogP contribution >= 0.6 is 12.2 Å². The molecule has 164 valence electrons. The number of aromatic nitrogens is 3. The van der Waals surface area contributed by atoms with Gasteiger partial charge in [0.1, 0.15) is 5.75 Å². The Hall–Kier alpha value is -3.27. The van der Waals surface area contributed by atoms with E-state index in [-0.39, 0.29) is 4.90 Å². The normalized spacial score (nSPS) is 12.4. The average Bonchev–Trinajstić information content (AvgIpc) is 3.21. The predicted octanol–water partition coefficient (Wildman–Crippen LogP) is 4.20.